The molecule has 2 aliphatic rings. The first-order chi connectivity index (χ1) is 13.8. The molecule has 0 spiro atoms. The fraction of sp³-hybridized carbons (Fsp3) is 0.400. The van der Waals surface area contributed by atoms with Crippen molar-refractivity contribution in [2.45, 2.75) is 12.8 Å². The summed E-state index contributed by atoms with van der Waals surface area (Å²) >= 11 is 6.04. The van der Waals surface area contributed by atoms with Gasteiger partial charge in [-0.2, -0.15) is 0 Å². The van der Waals surface area contributed by atoms with Crippen LogP contribution < -0.4 is 14.7 Å². The van der Waals surface area contributed by atoms with Crippen LogP contribution in [0.3, 0.4) is 0 Å². The minimum atomic E-state index is 0.682. The van der Waals surface area contributed by atoms with Gasteiger partial charge in [0.15, 0.2) is 0 Å². The van der Waals surface area contributed by atoms with Crippen LogP contribution in [0.25, 0.3) is 11.0 Å². The fourth-order valence-electron chi connectivity index (χ4n) is 3.92. The zero-order valence-corrected chi connectivity index (χ0v) is 16.4. The highest BCUT2D eigenvalue weighted by Gasteiger charge is 2.21. The molecule has 5 rings (SSSR count). The maximum absolute atomic E-state index is 6.04. The van der Waals surface area contributed by atoms with Gasteiger partial charge in [-0.3, -0.25) is 4.98 Å². The van der Waals surface area contributed by atoms with E-state index in [2.05, 4.69) is 35.7 Å². The fourth-order valence-corrected chi connectivity index (χ4v) is 4.09. The molecule has 0 radical (unpaired) electrons. The normalized spacial score (nSPS) is 17.5. The van der Waals surface area contributed by atoms with E-state index in [0.717, 1.165) is 67.8 Å². The molecule has 2 aliphatic heterocycles. The van der Waals surface area contributed by atoms with Crippen LogP contribution in [-0.4, -0.2) is 59.2 Å². The topological polar surface area (TPSA) is 61.3 Å². The highest BCUT2D eigenvalue weighted by molar-refractivity contribution is 6.31. The Hall–Kier alpha value is -2.67. The van der Waals surface area contributed by atoms with Gasteiger partial charge >= 0.3 is 0 Å². The summed E-state index contributed by atoms with van der Waals surface area (Å²) in [6, 6.07) is 7.75. The van der Waals surface area contributed by atoms with Crippen molar-refractivity contribution in [2.75, 3.05) is 54.0 Å². The van der Waals surface area contributed by atoms with Gasteiger partial charge in [0, 0.05) is 50.4 Å². The Balaban J connectivity index is 1.28. The van der Waals surface area contributed by atoms with Gasteiger partial charge in [0.2, 0.25) is 0 Å². The molecule has 0 saturated carbocycles. The lowest BCUT2D eigenvalue weighted by atomic mass is 10.3. The first-order valence-corrected chi connectivity index (χ1v) is 10.1. The van der Waals surface area contributed by atoms with Gasteiger partial charge in [0.1, 0.15) is 23.8 Å². The SMILES string of the molecule is Clc1ccc2nc(N3CCN(c4cc(N5CCCC5)ncn4)CC3)cnc2c1. The number of hydrogen-bond acceptors (Lipinski definition) is 7. The van der Waals surface area contributed by atoms with Gasteiger partial charge in [-0.15, -0.1) is 0 Å². The smallest absolute Gasteiger partial charge is 0.147 e. The molecule has 0 aliphatic carbocycles. The molecule has 3 aromatic rings. The van der Waals surface area contributed by atoms with Crippen molar-refractivity contribution in [3.05, 3.63) is 41.8 Å². The number of benzene rings is 1. The van der Waals surface area contributed by atoms with Crippen molar-refractivity contribution in [3.8, 4) is 0 Å². The molecule has 4 heterocycles. The van der Waals surface area contributed by atoms with Crippen molar-refractivity contribution >= 4 is 40.1 Å². The largest absolute Gasteiger partial charge is 0.356 e. The number of nitrogens with zero attached hydrogens (tertiary/aromatic N) is 7. The highest BCUT2D eigenvalue weighted by Crippen LogP contribution is 2.24. The van der Waals surface area contributed by atoms with Crippen molar-refractivity contribution in [1.82, 2.24) is 19.9 Å². The van der Waals surface area contributed by atoms with Gasteiger partial charge in [-0.05, 0) is 31.0 Å². The molecule has 1 aromatic carbocycles. The van der Waals surface area contributed by atoms with E-state index in [1.165, 1.54) is 12.8 Å². The quantitative estimate of drug-likeness (QED) is 0.675. The van der Waals surface area contributed by atoms with Gasteiger partial charge in [-0.25, -0.2) is 15.0 Å². The number of piperazine rings is 1. The standard InChI is InChI=1S/C20H22ClN7/c21-15-3-4-16-17(11-15)22-13-20(25-16)28-9-7-27(8-10-28)19-12-18(23-14-24-19)26-5-1-2-6-26/h3-4,11-14H,1-2,5-10H2. The first-order valence-electron chi connectivity index (χ1n) is 9.75. The Morgan fingerprint density at radius 3 is 2.04 bits per heavy atom. The molecule has 2 aromatic heterocycles. The van der Waals surface area contributed by atoms with Crippen LogP contribution in [0.15, 0.2) is 36.8 Å². The summed E-state index contributed by atoms with van der Waals surface area (Å²) in [6.07, 6.45) is 6.02. The van der Waals surface area contributed by atoms with Gasteiger partial charge in [0.25, 0.3) is 0 Å². The Bertz CT molecular complexity index is 981. The van der Waals surface area contributed by atoms with Crippen molar-refractivity contribution < 1.29 is 0 Å². The number of fused-ring (bicyclic) bond motifs is 1. The van der Waals surface area contributed by atoms with E-state index in [1.54, 1.807) is 6.33 Å². The average Bonchev–Trinajstić information content (AvgIpc) is 3.29. The number of rotatable bonds is 3. The predicted octanol–water partition coefficient (Wildman–Crippen LogP) is 3.00. The third-order valence-electron chi connectivity index (χ3n) is 5.49. The third-order valence-corrected chi connectivity index (χ3v) is 5.72. The second-order valence-corrected chi connectivity index (χ2v) is 7.70. The first kappa shape index (κ1) is 17.4. The molecular weight excluding hydrogens is 374 g/mol. The van der Waals surface area contributed by atoms with Crippen LogP contribution in [0.5, 0.6) is 0 Å². The number of hydrogen-bond donors (Lipinski definition) is 0. The summed E-state index contributed by atoms with van der Waals surface area (Å²) in [5.74, 6) is 2.97. The summed E-state index contributed by atoms with van der Waals surface area (Å²) in [7, 11) is 0. The van der Waals surface area contributed by atoms with Gasteiger partial charge < -0.3 is 14.7 Å². The molecule has 144 valence electrons. The lowest BCUT2D eigenvalue weighted by molar-refractivity contribution is 0.641. The zero-order chi connectivity index (χ0) is 18.9. The molecule has 28 heavy (non-hydrogen) atoms. The molecule has 2 fully saturated rings. The maximum atomic E-state index is 6.04. The van der Waals surface area contributed by atoms with E-state index in [1.807, 2.05) is 24.4 Å². The van der Waals surface area contributed by atoms with Crippen LogP contribution in [0, 0.1) is 0 Å². The minimum absolute atomic E-state index is 0.682. The Morgan fingerprint density at radius 1 is 0.679 bits per heavy atom. The van der Waals surface area contributed by atoms with Crippen LogP contribution in [0.2, 0.25) is 5.02 Å². The van der Waals surface area contributed by atoms with Crippen LogP contribution in [-0.2, 0) is 0 Å². The summed E-state index contributed by atoms with van der Waals surface area (Å²) in [5.41, 5.74) is 1.70. The second kappa shape index (κ2) is 7.39. The minimum Gasteiger partial charge on any atom is -0.356 e. The molecule has 7 nitrogen and oxygen atoms in total. The summed E-state index contributed by atoms with van der Waals surface area (Å²) in [6.45, 7) is 5.76. The van der Waals surface area contributed by atoms with Gasteiger partial charge in [-0.1, -0.05) is 11.6 Å². The van der Waals surface area contributed by atoms with Crippen molar-refractivity contribution in [1.29, 1.82) is 0 Å². The molecule has 0 amide bonds. The molecular formula is C20H22ClN7. The second-order valence-electron chi connectivity index (χ2n) is 7.26. The molecule has 0 atom stereocenters. The molecule has 2 saturated heterocycles. The molecule has 0 N–H and O–H groups in total. The number of aromatic nitrogens is 4. The monoisotopic (exact) mass is 395 g/mol. The number of anilines is 3. The van der Waals surface area contributed by atoms with Crippen LogP contribution in [0.1, 0.15) is 12.8 Å². The van der Waals surface area contributed by atoms with E-state index in [9.17, 15) is 0 Å². The van der Waals surface area contributed by atoms with E-state index in [0.29, 0.717) is 5.02 Å². The van der Waals surface area contributed by atoms with Crippen LogP contribution >= 0.6 is 11.6 Å². The summed E-state index contributed by atoms with van der Waals surface area (Å²) in [5, 5.41) is 0.682. The van der Waals surface area contributed by atoms with E-state index < -0.39 is 0 Å². The molecule has 0 bridgehead atoms. The Kier molecular flexibility index (Phi) is 4.60. The molecule has 8 heteroatoms. The van der Waals surface area contributed by atoms with Crippen LogP contribution in [0.4, 0.5) is 17.5 Å². The zero-order valence-electron chi connectivity index (χ0n) is 15.6. The van der Waals surface area contributed by atoms with E-state index in [-0.39, 0.29) is 0 Å². The van der Waals surface area contributed by atoms with E-state index >= 15 is 0 Å². The highest BCUT2D eigenvalue weighted by atomic mass is 35.5. The lowest BCUT2D eigenvalue weighted by Gasteiger charge is -2.36. The average molecular weight is 396 g/mol. The third kappa shape index (κ3) is 3.42. The Labute approximate surface area is 169 Å². The van der Waals surface area contributed by atoms with E-state index in [4.69, 9.17) is 16.6 Å². The lowest BCUT2D eigenvalue weighted by Crippen LogP contribution is -2.47. The Morgan fingerprint density at radius 2 is 1.32 bits per heavy atom. The predicted molar refractivity (Wildman–Crippen MR) is 112 cm³/mol. The van der Waals surface area contributed by atoms with Crippen molar-refractivity contribution in [2.24, 2.45) is 0 Å². The maximum Gasteiger partial charge on any atom is 0.147 e. The van der Waals surface area contributed by atoms with Gasteiger partial charge in [0.05, 0.1) is 17.2 Å². The summed E-state index contributed by atoms with van der Waals surface area (Å²) < 4.78 is 0. The summed E-state index contributed by atoms with van der Waals surface area (Å²) in [4.78, 5) is 25.2. The molecule has 0 unspecified atom stereocenters. The van der Waals surface area contributed by atoms with Crippen molar-refractivity contribution in [3.63, 3.8) is 0 Å². The number of halogens is 1.